The molecule has 4 rings (SSSR count). The lowest BCUT2D eigenvalue weighted by molar-refractivity contribution is 0.0384. The van der Waals surface area contributed by atoms with Crippen molar-refractivity contribution in [3.8, 4) is 5.75 Å². The summed E-state index contributed by atoms with van der Waals surface area (Å²) >= 11 is 12.2. The topological polar surface area (TPSA) is 33.7 Å². The number of benzene rings is 3. The molecular formula is C24H26Cl2N2O2. The molecule has 1 fully saturated rings. The lowest BCUT2D eigenvalue weighted by Gasteiger charge is -2.26. The highest BCUT2D eigenvalue weighted by Crippen LogP contribution is 2.29. The summed E-state index contributed by atoms with van der Waals surface area (Å²) in [6.07, 6.45) is 0. The Bertz CT molecular complexity index is 990. The van der Waals surface area contributed by atoms with E-state index in [-0.39, 0.29) is 0 Å². The summed E-state index contributed by atoms with van der Waals surface area (Å²) in [5.41, 5.74) is 2.17. The number of hydrogen-bond donors (Lipinski definition) is 1. The van der Waals surface area contributed by atoms with Gasteiger partial charge >= 0.3 is 0 Å². The first-order valence-electron chi connectivity index (χ1n) is 10.3. The summed E-state index contributed by atoms with van der Waals surface area (Å²) in [6, 6.07) is 18.2. The first-order chi connectivity index (χ1) is 14.7. The van der Waals surface area contributed by atoms with Gasteiger partial charge in [-0.15, -0.1) is 0 Å². The second-order valence-electron chi connectivity index (χ2n) is 7.43. The van der Waals surface area contributed by atoms with Crippen LogP contribution in [0.25, 0.3) is 10.8 Å². The van der Waals surface area contributed by atoms with Crippen LogP contribution in [0.3, 0.4) is 0 Å². The van der Waals surface area contributed by atoms with Crippen LogP contribution >= 0.6 is 23.2 Å². The van der Waals surface area contributed by atoms with Crippen LogP contribution in [0.4, 0.5) is 0 Å². The second kappa shape index (κ2) is 10.5. The SMILES string of the molecule is Clc1ccc(COc2ccc3ccccc3c2CNCCN2CCOCC2)cc1Cl. The molecule has 0 aliphatic carbocycles. The molecule has 0 saturated carbocycles. The van der Waals surface area contributed by atoms with Crippen molar-refractivity contribution < 1.29 is 9.47 Å². The molecule has 0 unspecified atom stereocenters. The Hall–Kier alpha value is -1.82. The highest BCUT2D eigenvalue weighted by molar-refractivity contribution is 6.42. The molecule has 0 aromatic heterocycles. The number of fused-ring (bicyclic) bond motifs is 1. The Morgan fingerprint density at radius 1 is 0.967 bits per heavy atom. The fourth-order valence-electron chi connectivity index (χ4n) is 3.70. The monoisotopic (exact) mass is 444 g/mol. The molecule has 6 heteroatoms. The third kappa shape index (κ3) is 5.45. The highest BCUT2D eigenvalue weighted by Gasteiger charge is 2.12. The van der Waals surface area contributed by atoms with E-state index < -0.39 is 0 Å². The van der Waals surface area contributed by atoms with Crippen LogP contribution in [0, 0.1) is 0 Å². The lowest BCUT2D eigenvalue weighted by atomic mass is 10.0. The maximum Gasteiger partial charge on any atom is 0.124 e. The molecule has 0 spiro atoms. The molecule has 1 aliphatic heterocycles. The first kappa shape index (κ1) is 21.4. The normalized spacial score (nSPS) is 14.9. The predicted octanol–water partition coefficient (Wildman–Crippen LogP) is 5.15. The van der Waals surface area contributed by atoms with E-state index >= 15 is 0 Å². The number of halogens is 2. The summed E-state index contributed by atoms with van der Waals surface area (Å²) in [5, 5.41) is 7.11. The van der Waals surface area contributed by atoms with Gasteiger partial charge in [-0.3, -0.25) is 4.90 Å². The van der Waals surface area contributed by atoms with Gasteiger partial charge in [0.2, 0.25) is 0 Å². The maximum atomic E-state index is 6.20. The first-order valence-corrected chi connectivity index (χ1v) is 11.0. The number of ether oxygens (including phenoxy) is 2. The largest absolute Gasteiger partial charge is 0.489 e. The van der Waals surface area contributed by atoms with E-state index in [0.29, 0.717) is 16.7 Å². The highest BCUT2D eigenvalue weighted by atomic mass is 35.5. The summed E-state index contributed by atoms with van der Waals surface area (Å²) in [4.78, 5) is 2.43. The minimum atomic E-state index is 0.440. The molecule has 1 saturated heterocycles. The van der Waals surface area contributed by atoms with Crippen LogP contribution in [0.1, 0.15) is 11.1 Å². The molecule has 1 N–H and O–H groups in total. The molecule has 30 heavy (non-hydrogen) atoms. The molecule has 3 aromatic rings. The second-order valence-corrected chi connectivity index (χ2v) is 8.25. The van der Waals surface area contributed by atoms with Crippen LogP contribution in [0.2, 0.25) is 10.0 Å². The molecule has 0 atom stereocenters. The number of nitrogens with one attached hydrogen (secondary N) is 1. The van der Waals surface area contributed by atoms with Gasteiger partial charge in [0.05, 0.1) is 23.3 Å². The van der Waals surface area contributed by atoms with Gasteiger partial charge in [0.15, 0.2) is 0 Å². The van der Waals surface area contributed by atoms with E-state index in [2.05, 4.69) is 46.6 Å². The van der Waals surface area contributed by atoms with Gasteiger partial charge in [0, 0.05) is 38.3 Å². The Morgan fingerprint density at radius 3 is 2.63 bits per heavy atom. The summed E-state index contributed by atoms with van der Waals surface area (Å²) in [5.74, 6) is 0.888. The van der Waals surface area contributed by atoms with Crippen molar-refractivity contribution in [1.29, 1.82) is 0 Å². The molecule has 0 amide bonds. The van der Waals surface area contributed by atoms with Gasteiger partial charge in [-0.2, -0.15) is 0 Å². The fraction of sp³-hybridized carbons (Fsp3) is 0.333. The number of morpholine rings is 1. The standard InChI is InChI=1S/C24H26Cl2N2O2/c25-22-7-5-18(15-23(22)26)17-30-24-8-6-19-3-1-2-4-20(19)21(24)16-27-9-10-28-11-13-29-14-12-28/h1-8,15,27H,9-14,16-17H2. The average Bonchev–Trinajstić information content (AvgIpc) is 2.78. The van der Waals surface area contributed by atoms with E-state index in [9.17, 15) is 0 Å². The summed E-state index contributed by atoms with van der Waals surface area (Å²) < 4.78 is 11.6. The Kier molecular flexibility index (Phi) is 7.47. The van der Waals surface area contributed by atoms with E-state index in [0.717, 1.165) is 57.3 Å². The van der Waals surface area contributed by atoms with Crippen LogP contribution in [0.15, 0.2) is 54.6 Å². The van der Waals surface area contributed by atoms with Crippen molar-refractivity contribution >= 4 is 34.0 Å². The molecule has 4 nitrogen and oxygen atoms in total. The van der Waals surface area contributed by atoms with E-state index in [1.807, 2.05) is 12.1 Å². The molecule has 3 aromatic carbocycles. The Balaban J connectivity index is 1.45. The van der Waals surface area contributed by atoms with Gasteiger partial charge in [0.25, 0.3) is 0 Å². The van der Waals surface area contributed by atoms with Gasteiger partial charge in [0.1, 0.15) is 12.4 Å². The zero-order valence-corrected chi connectivity index (χ0v) is 18.4. The summed E-state index contributed by atoms with van der Waals surface area (Å²) in [7, 11) is 0. The van der Waals surface area contributed by atoms with Crippen LogP contribution in [0.5, 0.6) is 5.75 Å². The zero-order valence-electron chi connectivity index (χ0n) is 16.9. The van der Waals surface area contributed by atoms with Crippen molar-refractivity contribution in [2.75, 3.05) is 39.4 Å². The smallest absolute Gasteiger partial charge is 0.124 e. The lowest BCUT2D eigenvalue weighted by Crippen LogP contribution is -2.40. The third-order valence-corrected chi connectivity index (χ3v) is 6.13. The number of nitrogens with zero attached hydrogens (tertiary/aromatic N) is 1. The van der Waals surface area contributed by atoms with E-state index in [1.165, 1.54) is 16.3 Å². The van der Waals surface area contributed by atoms with Crippen molar-refractivity contribution in [1.82, 2.24) is 10.2 Å². The molecule has 1 heterocycles. The van der Waals surface area contributed by atoms with Crippen molar-refractivity contribution in [3.63, 3.8) is 0 Å². The van der Waals surface area contributed by atoms with Crippen molar-refractivity contribution in [3.05, 3.63) is 75.8 Å². The maximum absolute atomic E-state index is 6.20. The van der Waals surface area contributed by atoms with Crippen LogP contribution < -0.4 is 10.1 Å². The number of rotatable bonds is 8. The Morgan fingerprint density at radius 2 is 1.80 bits per heavy atom. The predicted molar refractivity (Wildman–Crippen MR) is 124 cm³/mol. The fourth-order valence-corrected chi connectivity index (χ4v) is 4.02. The molecule has 158 valence electrons. The minimum Gasteiger partial charge on any atom is -0.489 e. The van der Waals surface area contributed by atoms with Crippen molar-refractivity contribution in [2.24, 2.45) is 0 Å². The van der Waals surface area contributed by atoms with E-state index in [1.54, 1.807) is 6.07 Å². The van der Waals surface area contributed by atoms with Crippen molar-refractivity contribution in [2.45, 2.75) is 13.2 Å². The van der Waals surface area contributed by atoms with E-state index in [4.69, 9.17) is 32.7 Å². The molecular weight excluding hydrogens is 419 g/mol. The minimum absolute atomic E-state index is 0.440. The van der Waals surface area contributed by atoms with Crippen LogP contribution in [-0.2, 0) is 17.9 Å². The summed E-state index contributed by atoms with van der Waals surface area (Å²) in [6.45, 7) is 6.81. The average molecular weight is 445 g/mol. The van der Waals surface area contributed by atoms with Gasteiger partial charge in [-0.05, 0) is 34.5 Å². The van der Waals surface area contributed by atoms with Gasteiger partial charge in [-0.25, -0.2) is 0 Å². The molecule has 0 radical (unpaired) electrons. The van der Waals surface area contributed by atoms with Crippen LogP contribution in [-0.4, -0.2) is 44.3 Å². The Labute approximate surface area is 187 Å². The van der Waals surface area contributed by atoms with Gasteiger partial charge < -0.3 is 14.8 Å². The number of hydrogen-bond acceptors (Lipinski definition) is 4. The molecule has 1 aliphatic rings. The van der Waals surface area contributed by atoms with Gasteiger partial charge in [-0.1, -0.05) is 59.6 Å². The zero-order chi connectivity index (χ0) is 20.8. The third-order valence-electron chi connectivity index (χ3n) is 5.39. The quantitative estimate of drug-likeness (QED) is 0.487. The molecule has 0 bridgehead atoms.